The maximum absolute atomic E-state index is 4.99. The predicted octanol–water partition coefficient (Wildman–Crippen LogP) is 16.1. The van der Waals surface area contributed by atoms with Gasteiger partial charge in [0.25, 0.3) is 0 Å². The molecular formula is C62H38N4. The molecule has 4 nitrogen and oxygen atoms in total. The number of hydrogen-bond acceptors (Lipinski definition) is 2. The van der Waals surface area contributed by atoms with Gasteiger partial charge in [-0.1, -0.05) is 152 Å². The van der Waals surface area contributed by atoms with Gasteiger partial charge in [-0.15, -0.1) is 0 Å². The van der Waals surface area contributed by atoms with Gasteiger partial charge in [-0.3, -0.25) is 0 Å². The maximum Gasteiger partial charge on any atom is 0.116 e. The van der Waals surface area contributed by atoms with Crippen molar-refractivity contribution in [3.63, 3.8) is 0 Å². The molecule has 0 unspecified atom stereocenters. The van der Waals surface area contributed by atoms with Crippen LogP contribution in [-0.4, -0.2) is 19.1 Å². The summed E-state index contributed by atoms with van der Waals surface area (Å²) < 4.78 is 4.82. The molecule has 1 aliphatic rings. The van der Waals surface area contributed by atoms with Crippen LogP contribution in [0.5, 0.6) is 0 Å². The molecule has 0 saturated carbocycles. The standard InChI is InChI=1S/C62H38N4/c1-4-13-39(14-5-1)42-25-29-55-51(34-42)53-36-44(27-31-56(53)65(55)47-20-8-3-9-21-47)45-28-32-58-54(37-45)52-35-43(40-15-6-2-7-16-40)26-30-57(52)66(58)48-22-10-19-46(33-48)61-60-49-23-11-17-41-18-12-24-50(59(41)49)62(60)64-38-63-61/h1-38H. The topological polar surface area (TPSA) is 35.6 Å². The van der Waals surface area contributed by atoms with Gasteiger partial charge in [0.05, 0.1) is 33.5 Å². The Bertz CT molecular complexity index is 4080. The van der Waals surface area contributed by atoms with E-state index in [4.69, 9.17) is 9.97 Å². The van der Waals surface area contributed by atoms with Gasteiger partial charge in [0, 0.05) is 49.6 Å². The van der Waals surface area contributed by atoms with Gasteiger partial charge < -0.3 is 9.13 Å². The van der Waals surface area contributed by atoms with Crippen molar-refractivity contribution in [2.24, 2.45) is 0 Å². The lowest BCUT2D eigenvalue weighted by Crippen LogP contribution is -1.96. The minimum absolute atomic E-state index is 0.944. The first-order valence-electron chi connectivity index (χ1n) is 22.5. The molecule has 306 valence electrons. The number of rotatable bonds is 6. The minimum Gasteiger partial charge on any atom is -0.309 e. The molecule has 0 atom stereocenters. The fraction of sp³-hybridized carbons (Fsp3) is 0. The average Bonchev–Trinajstić information content (AvgIpc) is 4.02. The zero-order valence-electron chi connectivity index (χ0n) is 35.7. The quantitative estimate of drug-likeness (QED) is 0.167. The fourth-order valence-corrected chi connectivity index (χ4v) is 10.8. The third-order valence-electron chi connectivity index (χ3n) is 13.7. The van der Waals surface area contributed by atoms with Crippen molar-refractivity contribution < 1.29 is 0 Å². The summed E-state index contributed by atoms with van der Waals surface area (Å²) in [5.74, 6) is 0. The lowest BCUT2D eigenvalue weighted by atomic mass is 9.98. The van der Waals surface area contributed by atoms with Gasteiger partial charge in [-0.2, -0.15) is 0 Å². The van der Waals surface area contributed by atoms with Crippen LogP contribution in [0.15, 0.2) is 231 Å². The number of para-hydroxylation sites is 1. The van der Waals surface area contributed by atoms with Crippen molar-refractivity contribution in [1.29, 1.82) is 0 Å². The van der Waals surface area contributed by atoms with Crippen molar-refractivity contribution >= 4 is 54.4 Å². The minimum atomic E-state index is 0.944. The van der Waals surface area contributed by atoms with E-state index in [1.807, 2.05) is 0 Å². The summed E-state index contributed by atoms with van der Waals surface area (Å²) in [4.78, 5) is 9.84. The van der Waals surface area contributed by atoms with E-state index in [1.54, 1.807) is 6.33 Å². The number of fused-ring (bicyclic) bond motifs is 9. The number of nitrogens with zero attached hydrogens (tertiary/aromatic N) is 4. The molecule has 13 aromatic rings. The fourth-order valence-electron chi connectivity index (χ4n) is 10.8. The Balaban J connectivity index is 0.958. The van der Waals surface area contributed by atoms with Crippen LogP contribution >= 0.6 is 0 Å². The van der Waals surface area contributed by atoms with Crippen LogP contribution in [0, 0.1) is 0 Å². The molecule has 3 heterocycles. The van der Waals surface area contributed by atoms with Crippen molar-refractivity contribution in [2.75, 3.05) is 0 Å². The molecule has 0 radical (unpaired) electrons. The summed E-state index contributed by atoms with van der Waals surface area (Å²) in [6, 6.07) is 81.8. The molecule has 10 aromatic carbocycles. The highest BCUT2D eigenvalue weighted by molar-refractivity contribution is 6.17. The van der Waals surface area contributed by atoms with Crippen LogP contribution < -0.4 is 0 Å². The highest BCUT2D eigenvalue weighted by atomic mass is 15.0. The van der Waals surface area contributed by atoms with E-state index >= 15 is 0 Å². The summed E-state index contributed by atoms with van der Waals surface area (Å²) >= 11 is 0. The molecule has 66 heavy (non-hydrogen) atoms. The van der Waals surface area contributed by atoms with E-state index in [0.29, 0.717) is 0 Å². The molecule has 4 heteroatoms. The van der Waals surface area contributed by atoms with E-state index in [1.165, 1.54) is 87.9 Å². The smallest absolute Gasteiger partial charge is 0.116 e. The van der Waals surface area contributed by atoms with Crippen LogP contribution in [0.3, 0.4) is 0 Å². The van der Waals surface area contributed by atoms with Crippen LogP contribution in [-0.2, 0) is 0 Å². The van der Waals surface area contributed by atoms with E-state index in [0.717, 1.165) is 44.9 Å². The Morgan fingerprint density at radius 1 is 0.288 bits per heavy atom. The summed E-state index contributed by atoms with van der Waals surface area (Å²) in [5.41, 5.74) is 20.5. The first kappa shape index (κ1) is 36.6. The molecule has 0 saturated heterocycles. The summed E-state index contributed by atoms with van der Waals surface area (Å²) in [7, 11) is 0. The third-order valence-corrected chi connectivity index (χ3v) is 13.7. The van der Waals surface area contributed by atoms with E-state index in [-0.39, 0.29) is 0 Å². The molecule has 0 fully saturated rings. The van der Waals surface area contributed by atoms with Gasteiger partial charge in [0.1, 0.15) is 6.33 Å². The van der Waals surface area contributed by atoms with E-state index < -0.39 is 0 Å². The SMILES string of the molecule is c1ccc(-c2ccc3c(c2)c2cc(-c4ccc5c(c4)c4cc(-c6ccccc6)ccc4n5-c4cccc(-c5ncnc6c5-c5cccc7cccc-6c57)c4)ccc2n3-c2ccccc2)cc1. The zero-order chi connectivity index (χ0) is 43.3. The average molecular weight is 839 g/mol. The van der Waals surface area contributed by atoms with Crippen molar-refractivity contribution in [1.82, 2.24) is 19.1 Å². The largest absolute Gasteiger partial charge is 0.309 e. The molecular weight excluding hydrogens is 801 g/mol. The highest BCUT2D eigenvalue weighted by Crippen LogP contribution is 2.49. The molecule has 0 N–H and O–H groups in total. The molecule has 1 aliphatic carbocycles. The highest BCUT2D eigenvalue weighted by Gasteiger charge is 2.27. The second-order valence-electron chi connectivity index (χ2n) is 17.4. The lowest BCUT2D eigenvalue weighted by molar-refractivity contribution is 1.17. The summed E-state index contributed by atoms with van der Waals surface area (Å²) in [6.45, 7) is 0. The van der Waals surface area contributed by atoms with Crippen molar-refractivity contribution in [3.8, 4) is 78.4 Å². The molecule has 0 amide bonds. The molecule has 3 aromatic heterocycles. The number of aromatic nitrogens is 4. The Labute approximate surface area is 381 Å². The Hall–Kier alpha value is -8.86. The van der Waals surface area contributed by atoms with Gasteiger partial charge in [-0.05, 0) is 123 Å². The first-order valence-corrected chi connectivity index (χ1v) is 22.5. The monoisotopic (exact) mass is 838 g/mol. The van der Waals surface area contributed by atoms with Gasteiger partial charge in [-0.25, -0.2) is 9.97 Å². The second kappa shape index (κ2) is 14.3. The molecule has 0 aliphatic heterocycles. The molecule has 0 bridgehead atoms. The van der Waals surface area contributed by atoms with E-state index in [9.17, 15) is 0 Å². The lowest BCUT2D eigenvalue weighted by Gasteiger charge is -2.13. The van der Waals surface area contributed by atoms with E-state index in [2.05, 4.69) is 234 Å². The van der Waals surface area contributed by atoms with Gasteiger partial charge in [0.2, 0.25) is 0 Å². The number of benzene rings is 10. The second-order valence-corrected chi connectivity index (χ2v) is 17.4. The summed E-state index contributed by atoms with van der Waals surface area (Å²) in [5, 5.41) is 7.34. The van der Waals surface area contributed by atoms with Crippen molar-refractivity contribution in [3.05, 3.63) is 231 Å². The van der Waals surface area contributed by atoms with Gasteiger partial charge >= 0.3 is 0 Å². The first-order chi connectivity index (χ1) is 32.7. The Morgan fingerprint density at radius 3 is 1.26 bits per heavy atom. The van der Waals surface area contributed by atoms with Crippen molar-refractivity contribution in [2.45, 2.75) is 0 Å². The molecule has 14 rings (SSSR count). The van der Waals surface area contributed by atoms with Crippen LogP contribution in [0.2, 0.25) is 0 Å². The predicted molar refractivity (Wildman–Crippen MR) is 274 cm³/mol. The third kappa shape index (κ3) is 5.52. The van der Waals surface area contributed by atoms with Crippen LogP contribution in [0.1, 0.15) is 0 Å². The van der Waals surface area contributed by atoms with Gasteiger partial charge in [0.15, 0.2) is 0 Å². The van der Waals surface area contributed by atoms with Crippen LogP contribution in [0.4, 0.5) is 0 Å². The Morgan fingerprint density at radius 2 is 0.712 bits per heavy atom. The Kier molecular flexibility index (Phi) is 7.95. The summed E-state index contributed by atoms with van der Waals surface area (Å²) in [6.07, 6.45) is 1.72. The maximum atomic E-state index is 4.99. The normalized spacial score (nSPS) is 11.9. The zero-order valence-corrected chi connectivity index (χ0v) is 35.7. The van der Waals surface area contributed by atoms with Crippen LogP contribution in [0.25, 0.3) is 133 Å². The number of hydrogen-bond donors (Lipinski definition) is 0. The molecule has 0 spiro atoms.